The molecule has 1 amide bonds. The minimum Gasteiger partial charge on any atom is -0.497 e. The SMILES string of the molecule is COc1ccc(NC=C2Sc3cc(Cl)ccc3NC2=O)cc1. The van der Waals surface area contributed by atoms with E-state index >= 15 is 0 Å². The summed E-state index contributed by atoms with van der Waals surface area (Å²) in [6.45, 7) is 0. The van der Waals surface area contributed by atoms with Gasteiger partial charge in [-0.25, -0.2) is 0 Å². The zero-order chi connectivity index (χ0) is 15.5. The lowest BCUT2D eigenvalue weighted by molar-refractivity contribution is -0.112. The normalized spacial score (nSPS) is 15.2. The van der Waals surface area contributed by atoms with E-state index < -0.39 is 0 Å². The first-order chi connectivity index (χ1) is 10.7. The van der Waals surface area contributed by atoms with Gasteiger partial charge in [0.2, 0.25) is 0 Å². The van der Waals surface area contributed by atoms with Crippen molar-refractivity contribution in [2.24, 2.45) is 0 Å². The van der Waals surface area contributed by atoms with Crippen molar-refractivity contribution in [3.8, 4) is 5.75 Å². The van der Waals surface area contributed by atoms with Gasteiger partial charge in [-0.1, -0.05) is 23.4 Å². The largest absolute Gasteiger partial charge is 0.497 e. The van der Waals surface area contributed by atoms with Gasteiger partial charge in [-0.15, -0.1) is 0 Å². The zero-order valence-electron chi connectivity index (χ0n) is 11.7. The Morgan fingerprint density at radius 2 is 2.00 bits per heavy atom. The van der Waals surface area contributed by atoms with Crippen LogP contribution in [0.25, 0.3) is 0 Å². The summed E-state index contributed by atoms with van der Waals surface area (Å²) in [5.74, 6) is 0.646. The molecule has 2 N–H and O–H groups in total. The Kier molecular flexibility index (Phi) is 4.27. The summed E-state index contributed by atoms with van der Waals surface area (Å²) in [5.41, 5.74) is 1.65. The quantitative estimate of drug-likeness (QED) is 0.821. The van der Waals surface area contributed by atoms with Crippen LogP contribution < -0.4 is 15.4 Å². The maximum absolute atomic E-state index is 12.1. The smallest absolute Gasteiger partial charge is 0.263 e. The molecule has 1 aliphatic rings. The van der Waals surface area contributed by atoms with Gasteiger partial charge in [-0.05, 0) is 42.5 Å². The maximum atomic E-state index is 12.1. The van der Waals surface area contributed by atoms with Crippen molar-refractivity contribution in [3.63, 3.8) is 0 Å². The first-order valence-electron chi connectivity index (χ1n) is 6.55. The number of anilines is 2. The molecule has 1 aliphatic heterocycles. The number of carbonyl (C=O) groups excluding carboxylic acids is 1. The average molecular weight is 333 g/mol. The number of hydrogen-bond donors (Lipinski definition) is 2. The van der Waals surface area contributed by atoms with Gasteiger partial charge in [0.15, 0.2) is 0 Å². The Bertz CT molecular complexity index is 744. The fourth-order valence-electron chi connectivity index (χ4n) is 1.96. The van der Waals surface area contributed by atoms with Gasteiger partial charge < -0.3 is 15.4 Å². The highest BCUT2D eigenvalue weighted by Crippen LogP contribution is 2.39. The van der Waals surface area contributed by atoms with Crippen LogP contribution in [0.1, 0.15) is 0 Å². The van der Waals surface area contributed by atoms with Gasteiger partial charge in [-0.3, -0.25) is 4.79 Å². The fraction of sp³-hybridized carbons (Fsp3) is 0.0625. The zero-order valence-corrected chi connectivity index (χ0v) is 13.3. The van der Waals surface area contributed by atoms with Crippen LogP contribution in [-0.4, -0.2) is 13.0 Å². The minimum atomic E-state index is -0.138. The fourth-order valence-corrected chi connectivity index (χ4v) is 3.11. The summed E-state index contributed by atoms with van der Waals surface area (Å²) in [4.78, 5) is 13.6. The molecule has 0 saturated carbocycles. The van der Waals surface area contributed by atoms with Gasteiger partial charge in [0.1, 0.15) is 5.75 Å². The predicted molar refractivity (Wildman–Crippen MR) is 90.6 cm³/mol. The standard InChI is InChI=1S/C16H13ClN2O2S/c1-21-12-5-3-11(4-6-12)18-9-15-16(20)19-13-7-2-10(17)8-14(13)22-15/h2-9,18H,1H3,(H,19,20). The van der Waals surface area contributed by atoms with Crippen LogP contribution in [0, 0.1) is 0 Å². The maximum Gasteiger partial charge on any atom is 0.263 e. The highest BCUT2D eigenvalue weighted by atomic mass is 35.5. The number of ether oxygens (including phenoxy) is 1. The molecular formula is C16H13ClN2O2S. The molecule has 4 nitrogen and oxygen atoms in total. The van der Waals surface area contributed by atoms with E-state index in [1.165, 1.54) is 11.8 Å². The van der Waals surface area contributed by atoms with Crippen LogP contribution in [-0.2, 0) is 4.79 Å². The van der Waals surface area contributed by atoms with Crippen molar-refractivity contribution in [1.29, 1.82) is 0 Å². The van der Waals surface area contributed by atoms with Crippen molar-refractivity contribution < 1.29 is 9.53 Å². The molecule has 112 valence electrons. The number of rotatable bonds is 3. The van der Waals surface area contributed by atoms with Gasteiger partial charge >= 0.3 is 0 Å². The van der Waals surface area contributed by atoms with Crippen molar-refractivity contribution in [3.05, 3.63) is 58.6 Å². The first kappa shape index (κ1) is 14.8. The van der Waals surface area contributed by atoms with E-state index in [4.69, 9.17) is 16.3 Å². The highest BCUT2D eigenvalue weighted by molar-refractivity contribution is 8.04. The molecular weight excluding hydrogens is 320 g/mol. The van der Waals surface area contributed by atoms with Crippen LogP contribution in [0.3, 0.4) is 0 Å². The summed E-state index contributed by atoms with van der Waals surface area (Å²) in [6, 6.07) is 12.9. The second-order valence-corrected chi connectivity index (χ2v) is 6.10. The Morgan fingerprint density at radius 3 is 2.73 bits per heavy atom. The van der Waals surface area contributed by atoms with Gasteiger partial charge in [0.05, 0.1) is 17.7 Å². The molecule has 0 aromatic heterocycles. The van der Waals surface area contributed by atoms with Gasteiger partial charge in [-0.2, -0.15) is 0 Å². The number of methoxy groups -OCH3 is 1. The second kappa shape index (κ2) is 6.34. The number of fused-ring (bicyclic) bond motifs is 1. The summed E-state index contributed by atoms with van der Waals surface area (Å²) in [7, 11) is 1.62. The topological polar surface area (TPSA) is 50.4 Å². The van der Waals surface area contributed by atoms with E-state index in [0.717, 1.165) is 22.0 Å². The number of benzene rings is 2. The molecule has 22 heavy (non-hydrogen) atoms. The Balaban J connectivity index is 1.77. The lowest BCUT2D eigenvalue weighted by Gasteiger charge is -2.18. The third kappa shape index (κ3) is 3.21. The molecule has 0 spiro atoms. The molecule has 1 heterocycles. The van der Waals surface area contributed by atoms with Crippen LogP contribution in [0.4, 0.5) is 11.4 Å². The summed E-state index contributed by atoms with van der Waals surface area (Å²) in [5, 5.41) is 6.60. The average Bonchev–Trinajstić information content (AvgIpc) is 2.54. The summed E-state index contributed by atoms with van der Waals surface area (Å²) < 4.78 is 5.11. The number of hydrogen-bond acceptors (Lipinski definition) is 4. The van der Waals surface area contributed by atoms with Crippen molar-refractivity contribution >= 4 is 40.6 Å². The van der Waals surface area contributed by atoms with E-state index in [2.05, 4.69) is 10.6 Å². The molecule has 6 heteroatoms. The van der Waals surface area contributed by atoms with Crippen LogP contribution >= 0.6 is 23.4 Å². The van der Waals surface area contributed by atoms with Crippen LogP contribution in [0.5, 0.6) is 5.75 Å². The molecule has 0 bridgehead atoms. The number of amides is 1. The van der Waals surface area contributed by atoms with E-state index in [1.54, 1.807) is 25.4 Å². The number of carbonyl (C=O) groups is 1. The molecule has 0 atom stereocenters. The lowest BCUT2D eigenvalue weighted by Crippen LogP contribution is -2.18. The monoisotopic (exact) mass is 332 g/mol. The van der Waals surface area contributed by atoms with E-state index in [-0.39, 0.29) is 5.91 Å². The Hall–Kier alpha value is -2.11. The van der Waals surface area contributed by atoms with Crippen molar-refractivity contribution in [1.82, 2.24) is 0 Å². The summed E-state index contributed by atoms with van der Waals surface area (Å²) >= 11 is 7.37. The highest BCUT2D eigenvalue weighted by Gasteiger charge is 2.21. The molecule has 0 fully saturated rings. The van der Waals surface area contributed by atoms with Crippen LogP contribution in [0.2, 0.25) is 5.02 Å². The first-order valence-corrected chi connectivity index (χ1v) is 7.74. The van der Waals surface area contributed by atoms with E-state index in [9.17, 15) is 4.79 Å². The van der Waals surface area contributed by atoms with Crippen molar-refractivity contribution in [2.45, 2.75) is 4.90 Å². The van der Waals surface area contributed by atoms with E-state index in [1.807, 2.05) is 30.3 Å². The lowest BCUT2D eigenvalue weighted by atomic mass is 10.3. The third-order valence-corrected chi connectivity index (χ3v) is 4.41. The van der Waals surface area contributed by atoms with Crippen molar-refractivity contribution in [2.75, 3.05) is 17.7 Å². The molecule has 3 rings (SSSR count). The number of nitrogens with one attached hydrogen (secondary N) is 2. The molecule has 0 unspecified atom stereocenters. The third-order valence-electron chi connectivity index (χ3n) is 3.10. The van der Waals surface area contributed by atoms with Gasteiger partial charge in [0, 0.05) is 21.8 Å². The molecule has 0 saturated heterocycles. The molecule has 0 radical (unpaired) electrons. The molecule has 2 aromatic rings. The number of thioether (sulfide) groups is 1. The van der Waals surface area contributed by atoms with Gasteiger partial charge in [0.25, 0.3) is 5.91 Å². The predicted octanol–water partition coefficient (Wildman–Crippen LogP) is 4.35. The molecule has 0 aliphatic carbocycles. The number of halogens is 1. The summed E-state index contributed by atoms with van der Waals surface area (Å²) in [6.07, 6.45) is 1.69. The molecule has 2 aromatic carbocycles. The Morgan fingerprint density at radius 1 is 1.23 bits per heavy atom. The minimum absolute atomic E-state index is 0.138. The Labute approximate surface area is 137 Å². The van der Waals surface area contributed by atoms with E-state index in [0.29, 0.717) is 9.93 Å². The second-order valence-electron chi connectivity index (χ2n) is 4.58. The van der Waals surface area contributed by atoms with Crippen LogP contribution in [0.15, 0.2) is 58.5 Å².